The number of benzene rings is 8. The summed E-state index contributed by atoms with van der Waals surface area (Å²) in [5.74, 6) is 0. The van der Waals surface area contributed by atoms with Gasteiger partial charge in [0.25, 0.3) is 0 Å². The molecule has 11 rings (SSSR count). The van der Waals surface area contributed by atoms with Crippen molar-refractivity contribution in [2.75, 3.05) is 0 Å². The fourth-order valence-corrected chi connectivity index (χ4v) is 8.94. The van der Waals surface area contributed by atoms with Gasteiger partial charge in [0, 0.05) is 43.4 Å². The summed E-state index contributed by atoms with van der Waals surface area (Å²) in [6.45, 7) is 0. The monoisotopic (exact) mass is 699 g/mol. The summed E-state index contributed by atoms with van der Waals surface area (Å²) in [6.07, 6.45) is 0. The maximum atomic E-state index is 10.8. The Hall–Kier alpha value is -7.86. The number of aromatic nitrogens is 3. The molecule has 0 unspecified atom stereocenters. The predicted octanol–water partition coefficient (Wildman–Crippen LogP) is 12.4. The third-order valence-electron chi connectivity index (χ3n) is 11.1. The average Bonchev–Trinajstić information content (AvgIpc) is 3.89. The highest BCUT2D eigenvalue weighted by atomic mass is 15.1. The van der Waals surface area contributed by atoms with E-state index in [0.29, 0.717) is 11.1 Å². The van der Waals surface area contributed by atoms with Crippen LogP contribution in [0.15, 0.2) is 176 Å². The molecular formula is C50H29N5. The van der Waals surface area contributed by atoms with E-state index in [4.69, 9.17) is 0 Å². The number of fused-ring (bicyclic) bond motifs is 9. The maximum Gasteiger partial charge on any atom is 0.101 e. The second kappa shape index (κ2) is 11.8. The molecule has 0 atom stereocenters. The Kier molecular flexibility index (Phi) is 6.61. The van der Waals surface area contributed by atoms with E-state index < -0.39 is 0 Å². The predicted molar refractivity (Wildman–Crippen MR) is 224 cm³/mol. The zero-order valence-corrected chi connectivity index (χ0v) is 29.5. The molecule has 0 fully saturated rings. The van der Waals surface area contributed by atoms with Gasteiger partial charge in [-0.25, -0.2) is 0 Å². The highest BCUT2D eigenvalue weighted by Crippen LogP contribution is 2.44. The lowest BCUT2D eigenvalue weighted by atomic mass is 9.97. The molecule has 8 aromatic carbocycles. The number of rotatable bonds is 4. The van der Waals surface area contributed by atoms with Gasteiger partial charge in [0.05, 0.1) is 61.3 Å². The van der Waals surface area contributed by atoms with Gasteiger partial charge in [-0.05, 0) is 48.5 Å². The Labute approximate surface area is 316 Å². The van der Waals surface area contributed by atoms with E-state index in [0.717, 1.165) is 82.8 Å². The van der Waals surface area contributed by atoms with Crippen LogP contribution in [-0.4, -0.2) is 13.7 Å². The first-order chi connectivity index (χ1) is 27.3. The first-order valence-electron chi connectivity index (χ1n) is 18.3. The summed E-state index contributed by atoms with van der Waals surface area (Å²) >= 11 is 0. The number of para-hydroxylation sites is 8. The second-order valence-electron chi connectivity index (χ2n) is 13.9. The van der Waals surface area contributed by atoms with Gasteiger partial charge >= 0.3 is 0 Å². The zero-order chi connectivity index (χ0) is 36.6. The van der Waals surface area contributed by atoms with E-state index in [9.17, 15) is 10.5 Å². The molecule has 5 heteroatoms. The second-order valence-corrected chi connectivity index (χ2v) is 13.9. The van der Waals surface area contributed by atoms with Crippen LogP contribution >= 0.6 is 0 Å². The lowest BCUT2D eigenvalue weighted by Gasteiger charge is -2.20. The summed E-state index contributed by atoms with van der Waals surface area (Å²) in [5.41, 5.74) is 11.9. The van der Waals surface area contributed by atoms with Crippen molar-refractivity contribution in [3.8, 4) is 40.3 Å². The summed E-state index contributed by atoms with van der Waals surface area (Å²) < 4.78 is 6.92. The van der Waals surface area contributed by atoms with Gasteiger partial charge in [0.15, 0.2) is 0 Å². The van der Waals surface area contributed by atoms with Crippen LogP contribution in [0.3, 0.4) is 0 Å². The van der Waals surface area contributed by atoms with Crippen LogP contribution in [0.25, 0.3) is 93.6 Å². The number of hydrogen-bond acceptors (Lipinski definition) is 2. The quantitative estimate of drug-likeness (QED) is 0.184. The largest absolute Gasteiger partial charge is 0.307 e. The van der Waals surface area contributed by atoms with Crippen LogP contribution in [0.2, 0.25) is 0 Å². The molecule has 0 aliphatic rings. The first-order valence-corrected chi connectivity index (χ1v) is 18.3. The van der Waals surface area contributed by atoms with Crippen molar-refractivity contribution < 1.29 is 0 Å². The molecule has 3 heterocycles. The molecule has 254 valence electrons. The van der Waals surface area contributed by atoms with E-state index in [1.165, 1.54) is 10.8 Å². The van der Waals surface area contributed by atoms with Crippen molar-refractivity contribution in [3.05, 3.63) is 187 Å². The lowest BCUT2D eigenvalue weighted by Crippen LogP contribution is -2.05. The molecule has 0 aliphatic heterocycles. The first kappa shape index (κ1) is 30.7. The van der Waals surface area contributed by atoms with Crippen molar-refractivity contribution >= 4 is 65.4 Å². The Balaban J connectivity index is 1.28. The highest BCUT2D eigenvalue weighted by Gasteiger charge is 2.25. The third kappa shape index (κ3) is 4.27. The van der Waals surface area contributed by atoms with Crippen LogP contribution in [0.5, 0.6) is 0 Å². The summed E-state index contributed by atoms with van der Waals surface area (Å²) in [7, 11) is 0. The Bertz CT molecular complexity index is 3420. The Morgan fingerprint density at radius 1 is 0.309 bits per heavy atom. The Morgan fingerprint density at radius 3 is 1.36 bits per heavy atom. The molecule has 0 spiro atoms. The fraction of sp³-hybridized carbons (Fsp3) is 0. The summed E-state index contributed by atoms with van der Waals surface area (Å²) in [5, 5.41) is 27.9. The average molecular weight is 700 g/mol. The number of hydrogen-bond donors (Lipinski definition) is 0. The maximum absolute atomic E-state index is 10.8. The molecule has 0 radical (unpaired) electrons. The minimum atomic E-state index is 0.524. The molecule has 5 nitrogen and oxygen atoms in total. The molecule has 0 amide bonds. The normalized spacial score (nSPS) is 11.6. The lowest BCUT2D eigenvalue weighted by molar-refractivity contribution is 1.13. The number of nitriles is 2. The molecule has 0 saturated heterocycles. The van der Waals surface area contributed by atoms with Crippen molar-refractivity contribution in [1.82, 2.24) is 13.7 Å². The van der Waals surface area contributed by atoms with E-state index in [2.05, 4.69) is 165 Å². The van der Waals surface area contributed by atoms with Crippen LogP contribution in [0, 0.1) is 22.7 Å². The van der Waals surface area contributed by atoms with E-state index in [1.807, 2.05) is 36.4 Å². The van der Waals surface area contributed by atoms with Crippen molar-refractivity contribution in [2.45, 2.75) is 0 Å². The number of nitrogens with zero attached hydrogens (tertiary/aromatic N) is 5. The van der Waals surface area contributed by atoms with Gasteiger partial charge in [-0.15, -0.1) is 0 Å². The van der Waals surface area contributed by atoms with Crippen molar-refractivity contribution in [3.63, 3.8) is 0 Å². The Morgan fingerprint density at radius 2 is 0.727 bits per heavy atom. The third-order valence-corrected chi connectivity index (χ3v) is 11.1. The van der Waals surface area contributed by atoms with Crippen molar-refractivity contribution in [2.24, 2.45) is 0 Å². The molecule has 0 bridgehead atoms. The van der Waals surface area contributed by atoms with Gasteiger partial charge in [0.1, 0.15) is 12.1 Å². The standard InChI is InChI=1S/C50H29N5/c51-30-32-14-11-21-39(48(32)55-46-28-10-5-19-37(46)40-22-12-15-33(31-52)49(40)55)36-18-3-8-26-44(36)54-45-27-9-4-20-38(45)41-23-13-29-47(50(41)54)53-42-24-6-1-16-34(42)35-17-2-7-25-43(35)53/h1-29H. The molecule has 0 aliphatic carbocycles. The van der Waals surface area contributed by atoms with Crippen LogP contribution in [0.1, 0.15) is 11.1 Å². The fourth-order valence-electron chi connectivity index (χ4n) is 8.94. The summed E-state index contributed by atoms with van der Waals surface area (Å²) in [6, 6.07) is 65.9. The summed E-state index contributed by atoms with van der Waals surface area (Å²) in [4.78, 5) is 0. The van der Waals surface area contributed by atoms with E-state index in [1.54, 1.807) is 0 Å². The van der Waals surface area contributed by atoms with Gasteiger partial charge in [-0.3, -0.25) is 0 Å². The van der Waals surface area contributed by atoms with Gasteiger partial charge in [-0.2, -0.15) is 10.5 Å². The molecule has 11 aromatic rings. The van der Waals surface area contributed by atoms with Crippen molar-refractivity contribution in [1.29, 1.82) is 10.5 Å². The van der Waals surface area contributed by atoms with Crippen LogP contribution in [-0.2, 0) is 0 Å². The zero-order valence-electron chi connectivity index (χ0n) is 29.5. The van der Waals surface area contributed by atoms with Crippen LogP contribution in [0.4, 0.5) is 0 Å². The molecule has 0 N–H and O–H groups in total. The molecule has 3 aromatic heterocycles. The van der Waals surface area contributed by atoms with Gasteiger partial charge < -0.3 is 13.7 Å². The topological polar surface area (TPSA) is 62.4 Å². The minimum absolute atomic E-state index is 0.524. The molecule has 0 saturated carbocycles. The minimum Gasteiger partial charge on any atom is -0.307 e. The molecular weight excluding hydrogens is 671 g/mol. The smallest absolute Gasteiger partial charge is 0.101 e. The van der Waals surface area contributed by atoms with Gasteiger partial charge in [0.2, 0.25) is 0 Å². The van der Waals surface area contributed by atoms with Crippen LogP contribution < -0.4 is 0 Å². The highest BCUT2D eigenvalue weighted by molar-refractivity contribution is 6.16. The van der Waals surface area contributed by atoms with Gasteiger partial charge in [-0.1, -0.05) is 127 Å². The molecule has 55 heavy (non-hydrogen) atoms. The SMILES string of the molecule is N#Cc1cccc(-c2ccccc2-n2c3ccccc3c3cccc(-n4c5ccccc5c5ccccc54)c32)c1-n1c2ccccc2c2cccc(C#N)c21. The van der Waals surface area contributed by atoms with E-state index in [-0.39, 0.29) is 0 Å². The van der Waals surface area contributed by atoms with E-state index >= 15 is 0 Å².